The molecule has 3 N–H and O–H groups in total. The van der Waals surface area contributed by atoms with Gasteiger partial charge in [0.1, 0.15) is 29.1 Å². The maximum absolute atomic E-state index is 13.8. The average molecular weight is 457 g/mol. The summed E-state index contributed by atoms with van der Waals surface area (Å²) in [5.41, 5.74) is 7.75. The fourth-order valence-corrected chi connectivity index (χ4v) is 4.02. The van der Waals surface area contributed by atoms with Crippen molar-refractivity contribution in [2.24, 2.45) is 0 Å². The predicted molar refractivity (Wildman–Crippen MR) is 127 cm³/mol. The minimum atomic E-state index is -0.547. The van der Waals surface area contributed by atoms with Crippen LogP contribution in [0.4, 0.5) is 15.9 Å². The van der Waals surface area contributed by atoms with E-state index in [-0.39, 0.29) is 24.0 Å². The smallest absolute Gasteiger partial charge is 0.250 e. The summed E-state index contributed by atoms with van der Waals surface area (Å²) in [6.45, 7) is 4.18. The van der Waals surface area contributed by atoms with Crippen LogP contribution in [-0.4, -0.2) is 41.9 Å². The van der Waals surface area contributed by atoms with Crippen LogP contribution < -0.4 is 10.6 Å². The van der Waals surface area contributed by atoms with E-state index in [1.165, 1.54) is 18.5 Å². The van der Waals surface area contributed by atoms with Crippen molar-refractivity contribution in [3.8, 4) is 11.6 Å². The Kier molecular flexibility index (Phi) is 5.17. The van der Waals surface area contributed by atoms with Crippen LogP contribution in [0.3, 0.4) is 0 Å². The van der Waals surface area contributed by atoms with Crippen molar-refractivity contribution in [1.82, 2.24) is 24.3 Å². The Hall–Kier alpha value is -4.73. The first kappa shape index (κ1) is 21.1. The number of rotatable bonds is 6. The summed E-state index contributed by atoms with van der Waals surface area (Å²) in [6.07, 6.45) is 4.26. The van der Waals surface area contributed by atoms with Crippen LogP contribution in [0, 0.1) is 5.82 Å². The van der Waals surface area contributed by atoms with Crippen molar-refractivity contribution in [1.29, 1.82) is 0 Å². The molecule has 1 amide bonds. The van der Waals surface area contributed by atoms with Gasteiger partial charge in [-0.05, 0) is 30.3 Å². The van der Waals surface area contributed by atoms with Crippen LogP contribution in [0.25, 0.3) is 27.8 Å². The number of aromatic nitrogens is 5. The quantitative estimate of drug-likeness (QED) is 0.378. The molecule has 0 fully saturated rings. The minimum absolute atomic E-state index is 0.205. The fraction of sp³-hybridized carbons (Fsp3) is 0.0833. The van der Waals surface area contributed by atoms with Crippen LogP contribution in [0.1, 0.15) is 0 Å². The van der Waals surface area contributed by atoms with Crippen LogP contribution in [0.5, 0.6) is 5.75 Å². The van der Waals surface area contributed by atoms with Crippen molar-refractivity contribution in [3.05, 3.63) is 79.5 Å². The fourth-order valence-electron chi connectivity index (χ4n) is 4.02. The van der Waals surface area contributed by atoms with Gasteiger partial charge < -0.3 is 15.7 Å². The van der Waals surface area contributed by atoms with Crippen molar-refractivity contribution >= 4 is 39.3 Å². The van der Waals surface area contributed by atoms with Gasteiger partial charge in [-0.1, -0.05) is 24.8 Å². The molecule has 0 aliphatic carbocycles. The molecule has 10 heteroatoms. The molecule has 0 saturated heterocycles. The minimum Gasteiger partial charge on any atom is -0.506 e. The number of nitrogen functional groups attached to an aromatic ring is 1. The van der Waals surface area contributed by atoms with Crippen LogP contribution in [-0.2, 0) is 11.3 Å². The van der Waals surface area contributed by atoms with Gasteiger partial charge in [0.2, 0.25) is 5.91 Å². The molecule has 0 atom stereocenters. The summed E-state index contributed by atoms with van der Waals surface area (Å²) >= 11 is 0. The van der Waals surface area contributed by atoms with Gasteiger partial charge in [0, 0.05) is 29.9 Å². The molecule has 0 spiro atoms. The second-order valence-corrected chi connectivity index (χ2v) is 7.58. The summed E-state index contributed by atoms with van der Waals surface area (Å²) < 4.78 is 17.0. The maximum Gasteiger partial charge on any atom is 0.250 e. The van der Waals surface area contributed by atoms with Gasteiger partial charge >= 0.3 is 0 Å². The summed E-state index contributed by atoms with van der Waals surface area (Å²) in [5, 5.41) is 16.1. The molecule has 34 heavy (non-hydrogen) atoms. The summed E-state index contributed by atoms with van der Waals surface area (Å²) in [6, 6.07) is 13.3. The van der Waals surface area contributed by atoms with E-state index < -0.39 is 5.82 Å². The van der Waals surface area contributed by atoms with Gasteiger partial charge in [-0.25, -0.2) is 19.0 Å². The number of carbonyl (C=O) groups is 1. The maximum atomic E-state index is 13.8. The normalized spacial score (nSPS) is 11.2. The lowest BCUT2D eigenvalue weighted by Gasteiger charge is -2.21. The third-order valence-corrected chi connectivity index (χ3v) is 5.54. The zero-order valence-electron chi connectivity index (χ0n) is 18.0. The van der Waals surface area contributed by atoms with Gasteiger partial charge in [0.05, 0.1) is 12.1 Å². The number of fused-ring (bicyclic) bond motifs is 2. The van der Waals surface area contributed by atoms with Crippen molar-refractivity contribution in [2.75, 3.05) is 17.2 Å². The Morgan fingerprint density at radius 2 is 2.00 bits per heavy atom. The summed E-state index contributed by atoms with van der Waals surface area (Å²) in [4.78, 5) is 22.6. The van der Waals surface area contributed by atoms with E-state index in [1.807, 2.05) is 30.3 Å². The number of aromatic hydroxyl groups is 1. The van der Waals surface area contributed by atoms with E-state index in [2.05, 4.69) is 21.6 Å². The number of carbonyl (C=O) groups excluding carboxylic acids is 1. The molecule has 0 unspecified atom stereocenters. The first-order chi connectivity index (χ1) is 16.5. The van der Waals surface area contributed by atoms with E-state index in [9.17, 15) is 14.3 Å². The number of benzene rings is 2. The van der Waals surface area contributed by atoms with Crippen molar-refractivity contribution in [3.63, 3.8) is 0 Å². The number of hydrogen-bond acceptors (Lipinski definition) is 6. The largest absolute Gasteiger partial charge is 0.506 e. The number of halogens is 1. The number of phenols is 1. The number of nitrogens with two attached hydrogens (primary N) is 1. The summed E-state index contributed by atoms with van der Waals surface area (Å²) in [7, 11) is 0. The zero-order chi connectivity index (χ0) is 23.8. The third kappa shape index (κ3) is 3.51. The van der Waals surface area contributed by atoms with E-state index in [1.54, 1.807) is 26.4 Å². The van der Waals surface area contributed by atoms with Gasteiger partial charge in [-0.15, -0.1) is 0 Å². The van der Waals surface area contributed by atoms with Crippen molar-refractivity contribution < 1.29 is 14.3 Å². The lowest BCUT2D eigenvalue weighted by Crippen LogP contribution is -2.32. The van der Waals surface area contributed by atoms with E-state index in [0.717, 1.165) is 11.8 Å². The van der Waals surface area contributed by atoms with Crippen LogP contribution >= 0.6 is 0 Å². The Bertz CT molecular complexity index is 1540. The lowest BCUT2D eigenvalue weighted by molar-refractivity contribution is -0.114. The molecule has 0 aliphatic heterocycles. The van der Waals surface area contributed by atoms with Gasteiger partial charge in [0.15, 0.2) is 11.5 Å². The Labute approximate surface area is 193 Å². The molecule has 170 valence electrons. The first-order valence-corrected chi connectivity index (χ1v) is 10.4. The summed E-state index contributed by atoms with van der Waals surface area (Å²) in [5.74, 6) is -0.442. The van der Waals surface area contributed by atoms with E-state index >= 15 is 0 Å². The molecular formula is C24H20FN7O2. The molecule has 0 radical (unpaired) electrons. The molecule has 0 bridgehead atoms. The highest BCUT2D eigenvalue weighted by Crippen LogP contribution is 2.33. The van der Waals surface area contributed by atoms with Gasteiger partial charge in [0.25, 0.3) is 0 Å². The number of phenolic OH excluding ortho intramolecular Hbond substituents is 1. The molecule has 3 aromatic heterocycles. The Morgan fingerprint density at radius 3 is 2.76 bits per heavy atom. The van der Waals surface area contributed by atoms with Crippen molar-refractivity contribution in [2.45, 2.75) is 6.54 Å². The SMILES string of the molecule is C=CC(=O)N(CCn1nc(-n2ccc3cc(F)cc(O)c32)c2c(N)ncnc21)c1ccccc1. The first-order valence-electron chi connectivity index (χ1n) is 10.4. The number of nitrogens with zero attached hydrogens (tertiary/aromatic N) is 6. The monoisotopic (exact) mass is 457 g/mol. The number of para-hydroxylation sites is 1. The highest BCUT2D eigenvalue weighted by molar-refractivity contribution is 6.01. The molecule has 0 saturated carbocycles. The van der Waals surface area contributed by atoms with Gasteiger partial charge in [-0.3, -0.25) is 9.36 Å². The standard InChI is InChI=1S/C24H20FN7O2/c1-2-19(34)30(17-6-4-3-5-7-17)10-11-32-23-20(22(26)27-14-28-23)24(29-32)31-9-8-15-12-16(25)13-18(33)21(15)31/h2-9,12-14,33H,1,10-11H2,(H2,26,27,28). The molecule has 3 heterocycles. The van der Waals surface area contributed by atoms with Crippen LogP contribution in [0.15, 0.2) is 73.7 Å². The average Bonchev–Trinajstić information content (AvgIpc) is 3.42. The Morgan fingerprint density at radius 1 is 1.21 bits per heavy atom. The third-order valence-electron chi connectivity index (χ3n) is 5.54. The predicted octanol–water partition coefficient (Wildman–Crippen LogP) is 3.42. The zero-order valence-corrected chi connectivity index (χ0v) is 18.0. The Balaban J connectivity index is 1.60. The highest BCUT2D eigenvalue weighted by atomic mass is 19.1. The second kappa shape index (κ2) is 8.32. The molecular weight excluding hydrogens is 437 g/mol. The molecule has 5 rings (SSSR count). The number of hydrogen-bond donors (Lipinski definition) is 2. The molecule has 2 aromatic carbocycles. The topological polar surface area (TPSA) is 115 Å². The second-order valence-electron chi connectivity index (χ2n) is 7.58. The van der Waals surface area contributed by atoms with Gasteiger partial charge in [-0.2, -0.15) is 5.10 Å². The van der Waals surface area contributed by atoms with E-state index in [4.69, 9.17) is 5.73 Å². The number of amides is 1. The molecule has 9 nitrogen and oxygen atoms in total. The highest BCUT2D eigenvalue weighted by Gasteiger charge is 2.21. The van der Waals surface area contributed by atoms with E-state index in [0.29, 0.717) is 34.3 Å². The lowest BCUT2D eigenvalue weighted by atomic mass is 10.2. The van der Waals surface area contributed by atoms with Crippen LogP contribution in [0.2, 0.25) is 0 Å². The molecule has 0 aliphatic rings. The number of anilines is 2. The molecule has 5 aromatic rings.